The van der Waals surface area contributed by atoms with Crippen molar-refractivity contribution < 1.29 is 9.53 Å². The molecule has 3 saturated heterocycles. The molecule has 3 unspecified atom stereocenters. The van der Waals surface area contributed by atoms with Crippen LogP contribution in [0.4, 0.5) is 4.79 Å². The molecule has 96 valence electrons. The van der Waals surface area contributed by atoms with Gasteiger partial charge in [-0.25, -0.2) is 4.79 Å². The van der Waals surface area contributed by atoms with Crippen LogP contribution in [0, 0.1) is 0 Å². The molecule has 2 amide bonds. The molecule has 3 aliphatic heterocycles. The highest BCUT2D eigenvalue weighted by Crippen LogP contribution is 2.33. The zero-order valence-electron chi connectivity index (χ0n) is 10.6. The zero-order valence-corrected chi connectivity index (χ0v) is 10.6. The molecule has 0 aromatic rings. The van der Waals surface area contributed by atoms with Gasteiger partial charge in [0.25, 0.3) is 0 Å². The average molecular weight is 239 g/mol. The fraction of sp³-hybridized carbons (Fsp3) is 0.917. The second kappa shape index (κ2) is 4.14. The molecule has 3 aliphatic rings. The van der Waals surface area contributed by atoms with Crippen LogP contribution in [-0.2, 0) is 4.74 Å². The van der Waals surface area contributed by atoms with Crippen molar-refractivity contribution in [2.75, 3.05) is 40.3 Å². The maximum atomic E-state index is 12.4. The SMILES string of the molecule is COC1CCN(C(=O)N2C3CC2CN(C)C3)C1. The van der Waals surface area contributed by atoms with E-state index in [-0.39, 0.29) is 12.1 Å². The zero-order chi connectivity index (χ0) is 12.0. The number of likely N-dealkylation sites (N-methyl/N-ethyl adjacent to an activating group) is 1. The number of likely N-dealkylation sites (tertiary alicyclic amines) is 3. The van der Waals surface area contributed by atoms with Gasteiger partial charge < -0.3 is 19.4 Å². The largest absolute Gasteiger partial charge is 0.380 e. The van der Waals surface area contributed by atoms with Crippen LogP contribution in [0.5, 0.6) is 0 Å². The first-order chi connectivity index (χ1) is 8.19. The molecule has 3 heterocycles. The molecule has 3 atom stereocenters. The van der Waals surface area contributed by atoms with Crippen LogP contribution in [0.15, 0.2) is 0 Å². The molecule has 0 saturated carbocycles. The van der Waals surface area contributed by atoms with E-state index in [4.69, 9.17) is 4.74 Å². The van der Waals surface area contributed by atoms with E-state index in [1.807, 2.05) is 4.90 Å². The van der Waals surface area contributed by atoms with Crippen molar-refractivity contribution in [1.82, 2.24) is 14.7 Å². The Labute approximate surface area is 102 Å². The molecule has 0 N–H and O–H groups in total. The lowest BCUT2D eigenvalue weighted by molar-refractivity contribution is -0.0365. The monoisotopic (exact) mass is 239 g/mol. The maximum absolute atomic E-state index is 12.4. The number of urea groups is 1. The van der Waals surface area contributed by atoms with E-state index in [0.29, 0.717) is 12.1 Å². The molecule has 2 bridgehead atoms. The molecule has 0 aliphatic carbocycles. The summed E-state index contributed by atoms with van der Waals surface area (Å²) in [7, 11) is 3.86. The van der Waals surface area contributed by atoms with Crippen LogP contribution in [0.1, 0.15) is 12.8 Å². The van der Waals surface area contributed by atoms with Gasteiger partial charge in [-0.15, -0.1) is 0 Å². The van der Waals surface area contributed by atoms with Gasteiger partial charge in [-0.2, -0.15) is 0 Å². The fourth-order valence-electron chi connectivity index (χ4n) is 3.39. The van der Waals surface area contributed by atoms with Crippen molar-refractivity contribution in [3.05, 3.63) is 0 Å². The van der Waals surface area contributed by atoms with E-state index >= 15 is 0 Å². The number of carbonyl (C=O) groups excluding carboxylic acids is 1. The first-order valence-corrected chi connectivity index (χ1v) is 6.47. The standard InChI is InChI=1S/C12H21N3O2/c1-13-6-9-5-10(7-13)15(9)12(16)14-4-3-11(8-14)17-2/h9-11H,3-8H2,1-2H3. The summed E-state index contributed by atoms with van der Waals surface area (Å²) in [5.41, 5.74) is 0. The number of fused-ring (bicyclic) bond motifs is 2. The van der Waals surface area contributed by atoms with Gasteiger partial charge in [0.05, 0.1) is 6.10 Å². The molecule has 5 nitrogen and oxygen atoms in total. The number of piperidine rings is 1. The summed E-state index contributed by atoms with van der Waals surface area (Å²) in [6.07, 6.45) is 2.41. The van der Waals surface area contributed by atoms with Gasteiger partial charge in [0, 0.05) is 45.4 Å². The minimum Gasteiger partial charge on any atom is -0.380 e. The Morgan fingerprint density at radius 1 is 1.24 bits per heavy atom. The van der Waals surface area contributed by atoms with E-state index in [9.17, 15) is 4.79 Å². The number of carbonyl (C=O) groups is 1. The molecular formula is C12H21N3O2. The number of ether oxygens (including phenoxy) is 1. The molecule has 17 heavy (non-hydrogen) atoms. The third kappa shape index (κ3) is 1.81. The molecule has 0 aromatic carbocycles. The predicted molar refractivity (Wildman–Crippen MR) is 63.9 cm³/mol. The molecule has 3 rings (SSSR count). The van der Waals surface area contributed by atoms with Gasteiger partial charge in [0.15, 0.2) is 0 Å². The quantitative estimate of drug-likeness (QED) is 0.656. The lowest BCUT2D eigenvalue weighted by atomic mass is 9.88. The van der Waals surface area contributed by atoms with Crippen molar-refractivity contribution >= 4 is 6.03 Å². The van der Waals surface area contributed by atoms with Crippen LogP contribution in [-0.4, -0.2) is 79.3 Å². The van der Waals surface area contributed by atoms with Crippen LogP contribution in [0.2, 0.25) is 0 Å². The van der Waals surface area contributed by atoms with E-state index < -0.39 is 0 Å². The van der Waals surface area contributed by atoms with E-state index in [1.165, 1.54) is 6.42 Å². The fourth-order valence-corrected chi connectivity index (χ4v) is 3.39. The Hall–Kier alpha value is -0.810. The molecule has 0 radical (unpaired) electrons. The van der Waals surface area contributed by atoms with Gasteiger partial charge in [0.1, 0.15) is 0 Å². The summed E-state index contributed by atoms with van der Waals surface area (Å²) in [5, 5.41) is 0. The first-order valence-electron chi connectivity index (χ1n) is 6.47. The lowest BCUT2D eigenvalue weighted by Gasteiger charge is -2.56. The second-order valence-electron chi connectivity index (χ2n) is 5.55. The topological polar surface area (TPSA) is 36.0 Å². The minimum absolute atomic E-state index is 0.235. The number of nitrogens with zero attached hydrogens (tertiary/aromatic N) is 3. The van der Waals surface area contributed by atoms with Gasteiger partial charge in [-0.1, -0.05) is 0 Å². The van der Waals surface area contributed by atoms with Crippen LogP contribution >= 0.6 is 0 Å². The summed E-state index contributed by atoms with van der Waals surface area (Å²) in [6, 6.07) is 1.14. The average Bonchev–Trinajstić information content (AvgIpc) is 2.76. The molecular weight excluding hydrogens is 218 g/mol. The second-order valence-corrected chi connectivity index (χ2v) is 5.55. The number of hydrogen-bond acceptors (Lipinski definition) is 3. The van der Waals surface area contributed by atoms with Crippen molar-refractivity contribution in [3.63, 3.8) is 0 Å². The smallest absolute Gasteiger partial charge is 0.320 e. The van der Waals surface area contributed by atoms with Crippen LogP contribution in [0.25, 0.3) is 0 Å². The van der Waals surface area contributed by atoms with Crippen LogP contribution in [0.3, 0.4) is 0 Å². The van der Waals surface area contributed by atoms with Crippen molar-refractivity contribution in [1.29, 1.82) is 0 Å². The summed E-state index contributed by atoms with van der Waals surface area (Å²) in [6.45, 7) is 3.68. The number of piperazine rings is 1. The Morgan fingerprint density at radius 3 is 2.53 bits per heavy atom. The highest BCUT2D eigenvalue weighted by atomic mass is 16.5. The Balaban J connectivity index is 1.61. The van der Waals surface area contributed by atoms with Gasteiger partial charge >= 0.3 is 6.03 Å². The molecule has 0 aromatic heterocycles. The first kappa shape index (κ1) is 11.3. The summed E-state index contributed by atoms with van der Waals surface area (Å²) >= 11 is 0. The highest BCUT2D eigenvalue weighted by molar-refractivity contribution is 5.76. The highest BCUT2D eigenvalue weighted by Gasteiger charge is 2.48. The Morgan fingerprint density at radius 2 is 1.94 bits per heavy atom. The summed E-state index contributed by atoms with van der Waals surface area (Å²) < 4.78 is 5.31. The summed E-state index contributed by atoms with van der Waals surface area (Å²) in [5.74, 6) is 0. The number of methoxy groups -OCH3 is 1. The Kier molecular flexibility index (Phi) is 2.75. The van der Waals surface area contributed by atoms with E-state index in [1.54, 1.807) is 7.11 Å². The van der Waals surface area contributed by atoms with E-state index in [0.717, 1.165) is 32.6 Å². The van der Waals surface area contributed by atoms with Crippen molar-refractivity contribution in [3.8, 4) is 0 Å². The third-order valence-electron chi connectivity index (χ3n) is 4.35. The lowest BCUT2D eigenvalue weighted by Crippen LogP contribution is -2.71. The van der Waals surface area contributed by atoms with Gasteiger partial charge in [0.2, 0.25) is 0 Å². The summed E-state index contributed by atoms with van der Waals surface area (Å²) in [4.78, 5) is 18.8. The Bertz CT molecular complexity index is 311. The van der Waals surface area contributed by atoms with Crippen molar-refractivity contribution in [2.45, 2.75) is 31.0 Å². The molecule has 0 spiro atoms. The van der Waals surface area contributed by atoms with Crippen LogP contribution < -0.4 is 0 Å². The number of hydrogen-bond donors (Lipinski definition) is 0. The van der Waals surface area contributed by atoms with E-state index in [2.05, 4.69) is 16.8 Å². The maximum Gasteiger partial charge on any atom is 0.320 e. The number of amides is 2. The normalized spacial score (nSPS) is 37.2. The van der Waals surface area contributed by atoms with Crippen molar-refractivity contribution in [2.24, 2.45) is 0 Å². The van der Waals surface area contributed by atoms with Gasteiger partial charge in [-0.05, 0) is 19.9 Å². The number of rotatable bonds is 1. The predicted octanol–water partition coefficient (Wildman–Crippen LogP) is 0.215. The molecule has 3 fully saturated rings. The van der Waals surface area contributed by atoms with Gasteiger partial charge in [-0.3, -0.25) is 0 Å². The molecule has 5 heteroatoms. The minimum atomic E-state index is 0.235. The third-order valence-corrected chi connectivity index (χ3v) is 4.35.